The Hall–Kier alpha value is -1.67. The molecular weight excluding hydrogens is 384 g/mol. The molecule has 2 N–H and O–H groups in total. The Morgan fingerprint density at radius 3 is 2.38 bits per heavy atom. The van der Waals surface area contributed by atoms with Crippen LogP contribution in [-0.4, -0.2) is 60.5 Å². The van der Waals surface area contributed by atoms with E-state index in [4.69, 9.17) is 26.9 Å². The Bertz CT molecular complexity index is 682. The van der Waals surface area contributed by atoms with Crippen LogP contribution in [0.3, 0.4) is 0 Å². The molecule has 3 saturated heterocycles. The first-order valence-corrected chi connectivity index (χ1v) is 11.6. The summed E-state index contributed by atoms with van der Waals surface area (Å²) in [5.74, 6) is 3.41. The lowest BCUT2D eigenvalue weighted by atomic mass is 9.99. The van der Waals surface area contributed by atoms with Gasteiger partial charge in [0.15, 0.2) is 5.11 Å². The number of ether oxygens (including phenoxy) is 1. The molecule has 1 atom stereocenters. The Balaban J connectivity index is 1.46. The van der Waals surface area contributed by atoms with Crippen molar-refractivity contribution in [2.75, 3.05) is 54.4 Å². The fourth-order valence-electron chi connectivity index (χ4n) is 4.32. The highest BCUT2D eigenvalue weighted by Gasteiger charge is 2.21. The molecule has 4 rings (SSSR count). The van der Waals surface area contributed by atoms with Crippen molar-refractivity contribution in [3.8, 4) is 0 Å². The van der Waals surface area contributed by atoms with Crippen molar-refractivity contribution in [2.45, 2.75) is 58.0 Å². The van der Waals surface area contributed by atoms with Gasteiger partial charge in [-0.3, -0.25) is 0 Å². The Labute approximate surface area is 179 Å². The summed E-state index contributed by atoms with van der Waals surface area (Å²) in [6, 6.07) is 2.16. The number of hydrogen-bond donors (Lipinski definition) is 2. The lowest BCUT2D eigenvalue weighted by molar-refractivity contribution is 0.114. The molecule has 0 radical (unpaired) electrons. The molecule has 1 aromatic rings. The number of rotatable bonds is 5. The Morgan fingerprint density at radius 1 is 1.03 bits per heavy atom. The van der Waals surface area contributed by atoms with Gasteiger partial charge in [-0.25, -0.2) is 0 Å². The van der Waals surface area contributed by atoms with Crippen molar-refractivity contribution < 1.29 is 4.74 Å². The van der Waals surface area contributed by atoms with Gasteiger partial charge in [0.2, 0.25) is 5.95 Å². The van der Waals surface area contributed by atoms with Crippen molar-refractivity contribution >= 4 is 34.9 Å². The molecule has 160 valence electrons. The van der Waals surface area contributed by atoms with Gasteiger partial charge in [0.05, 0.1) is 6.10 Å². The smallest absolute Gasteiger partial charge is 0.232 e. The number of aromatic nitrogens is 2. The predicted molar refractivity (Wildman–Crippen MR) is 122 cm³/mol. The molecule has 29 heavy (non-hydrogen) atoms. The average molecular weight is 419 g/mol. The highest BCUT2D eigenvalue weighted by Crippen LogP contribution is 2.27. The maximum absolute atomic E-state index is 5.66. The van der Waals surface area contributed by atoms with Gasteiger partial charge in [0.1, 0.15) is 11.6 Å². The second-order valence-corrected chi connectivity index (χ2v) is 9.00. The molecule has 3 aliphatic rings. The molecule has 0 saturated carbocycles. The SMILES string of the molecule is CC1CCN(c2cc(N3CCCCC3)nc(NC(=S)NC[C@@H]3CCCO3)n2)CC1. The topological polar surface area (TPSA) is 65.5 Å². The molecule has 7 nitrogen and oxygen atoms in total. The molecular formula is C21H34N6OS. The van der Waals surface area contributed by atoms with Crippen LogP contribution in [0.2, 0.25) is 0 Å². The number of piperidine rings is 2. The molecule has 3 aliphatic heterocycles. The summed E-state index contributed by atoms with van der Waals surface area (Å²) in [6.07, 6.45) is 8.66. The number of nitrogens with zero attached hydrogens (tertiary/aromatic N) is 4. The summed E-state index contributed by atoms with van der Waals surface area (Å²) in [5.41, 5.74) is 0. The highest BCUT2D eigenvalue weighted by molar-refractivity contribution is 7.80. The van der Waals surface area contributed by atoms with E-state index in [0.717, 1.165) is 69.7 Å². The van der Waals surface area contributed by atoms with E-state index < -0.39 is 0 Å². The third kappa shape index (κ3) is 5.69. The van der Waals surface area contributed by atoms with Crippen LogP contribution in [0.25, 0.3) is 0 Å². The van der Waals surface area contributed by atoms with Crippen LogP contribution < -0.4 is 20.4 Å². The number of anilines is 3. The van der Waals surface area contributed by atoms with Gasteiger partial charge >= 0.3 is 0 Å². The molecule has 0 amide bonds. The third-order valence-corrected chi connectivity index (χ3v) is 6.47. The normalized spacial score (nSPS) is 23.3. The summed E-state index contributed by atoms with van der Waals surface area (Å²) in [7, 11) is 0. The zero-order valence-electron chi connectivity index (χ0n) is 17.5. The van der Waals surface area contributed by atoms with Crippen LogP contribution in [0, 0.1) is 5.92 Å². The van der Waals surface area contributed by atoms with Crippen LogP contribution in [0.5, 0.6) is 0 Å². The van der Waals surface area contributed by atoms with E-state index in [1.165, 1.54) is 32.1 Å². The third-order valence-electron chi connectivity index (χ3n) is 6.23. The van der Waals surface area contributed by atoms with Gasteiger partial charge in [0.25, 0.3) is 0 Å². The number of thiocarbonyl (C=S) groups is 1. The van der Waals surface area contributed by atoms with E-state index in [-0.39, 0.29) is 6.10 Å². The second kappa shape index (κ2) is 9.89. The first kappa shape index (κ1) is 20.6. The fraction of sp³-hybridized carbons (Fsp3) is 0.762. The second-order valence-electron chi connectivity index (χ2n) is 8.60. The maximum atomic E-state index is 5.66. The van der Waals surface area contributed by atoms with Crippen LogP contribution in [-0.2, 0) is 4.74 Å². The summed E-state index contributed by atoms with van der Waals surface area (Å²) >= 11 is 5.50. The number of nitrogens with one attached hydrogen (secondary N) is 2. The predicted octanol–water partition coefficient (Wildman–Crippen LogP) is 3.17. The first-order chi connectivity index (χ1) is 14.2. The zero-order valence-corrected chi connectivity index (χ0v) is 18.3. The molecule has 0 aliphatic carbocycles. The first-order valence-electron chi connectivity index (χ1n) is 11.2. The molecule has 0 spiro atoms. The minimum atomic E-state index is 0.251. The van der Waals surface area contributed by atoms with Crippen molar-refractivity contribution in [3.05, 3.63) is 6.07 Å². The van der Waals surface area contributed by atoms with Crippen LogP contribution in [0.4, 0.5) is 17.6 Å². The largest absolute Gasteiger partial charge is 0.376 e. The summed E-state index contributed by atoms with van der Waals surface area (Å²) in [6.45, 7) is 8.16. The molecule has 8 heteroatoms. The minimum absolute atomic E-state index is 0.251. The van der Waals surface area contributed by atoms with E-state index in [9.17, 15) is 0 Å². The lowest BCUT2D eigenvalue weighted by Crippen LogP contribution is -2.37. The van der Waals surface area contributed by atoms with Crippen LogP contribution in [0.15, 0.2) is 6.07 Å². The molecule has 0 aromatic carbocycles. The van der Waals surface area contributed by atoms with Crippen molar-refractivity contribution in [1.82, 2.24) is 15.3 Å². The van der Waals surface area contributed by atoms with Crippen molar-refractivity contribution in [2.24, 2.45) is 5.92 Å². The van der Waals surface area contributed by atoms with Gasteiger partial charge in [-0.2, -0.15) is 9.97 Å². The molecule has 0 unspecified atom stereocenters. The van der Waals surface area contributed by atoms with Crippen molar-refractivity contribution in [1.29, 1.82) is 0 Å². The zero-order chi connectivity index (χ0) is 20.1. The van der Waals surface area contributed by atoms with E-state index in [1.807, 2.05) is 0 Å². The maximum Gasteiger partial charge on any atom is 0.232 e. The van der Waals surface area contributed by atoms with E-state index in [0.29, 0.717) is 11.1 Å². The van der Waals surface area contributed by atoms with Gasteiger partial charge in [-0.05, 0) is 63.1 Å². The highest BCUT2D eigenvalue weighted by atomic mass is 32.1. The van der Waals surface area contributed by atoms with Crippen molar-refractivity contribution in [3.63, 3.8) is 0 Å². The minimum Gasteiger partial charge on any atom is -0.376 e. The summed E-state index contributed by atoms with van der Waals surface area (Å²) in [5, 5.41) is 7.05. The number of hydrogen-bond acceptors (Lipinski definition) is 6. The van der Waals surface area contributed by atoms with Gasteiger partial charge in [-0.15, -0.1) is 0 Å². The van der Waals surface area contributed by atoms with E-state index in [2.05, 4.69) is 33.4 Å². The molecule has 3 fully saturated rings. The van der Waals surface area contributed by atoms with Crippen LogP contribution >= 0.6 is 12.2 Å². The molecule has 1 aromatic heterocycles. The summed E-state index contributed by atoms with van der Waals surface area (Å²) < 4.78 is 5.66. The average Bonchev–Trinajstić information content (AvgIpc) is 3.27. The lowest BCUT2D eigenvalue weighted by Gasteiger charge is -2.33. The van der Waals surface area contributed by atoms with Gasteiger partial charge in [-0.1, -0.05) is 6.92 Å². The quantitative estimate of drug-likeness (QED) is 0.707. The Kier molecular flexibility index (Phi) is 7.02. The van der Waals surface area contributed by atoms with E-state index >= 15 is 0 Å². The summed E-state index contributed by atoms with van der Waals surface area (Å²) in [4.78, 5) is 14.4. The van der Waals surface area contributed by atoms with Gasteiger partial charge < -0.3 is 25.2 Å². The fourth-order valence-corrected chi connectivity index (χ4v) is 4.49. The molecule has 0 bridgehead atoms. The molecule has 4 heterocycles. The Morgan fingerprint density at radius 2 is 1.72 bits per heavy atom. The standard InChI is InChI=1S/C21H34N6OS/c1-16-7-11-27(12-8-16)19-14-18(26-9-3-2-4-10-26)23-20(24-19)25-21(29)22-15-17-6-5-13-28-17/h14,16-17H,2-13,15H2,1H3,(H2,22,23,24,25,29)/t17-/m0/s1. The van der Waals surface area contributed by atoms with Crippen LogP contribution in [0.1, 0.15) is 51.9 Å². The van der Waals surface area contributed by atoms with Gasteiger partial charge in [0, 0.05) is 45.4 Å². The van der Waals surface area contributed by atoms with E-state index in [1.54, 1.807) is 0 Å². The monoisotopic (exact) mass is 418 g/mol.